The molecule has 1 N–H and O–H groups in total. The quantitative estimate of drug-likeness (QED) is 0.650. The van der Waals surface area contributed by atoms with Crippen LogP contribution in [0.25, 0.3) is 0 Å². The van der Waals surface area contributed by atoms with Crippen LogP contribution in [0.15, 0.2) is 49.1 Å². The van der Waals surface area contributed by atoms with Gasteiger partial charge in [0, 0.05) is 18.5 Å². The maximum atomic E-state index is 11.9. The first-order valence-corrected chi connectivity index (χ1v) is 5.56. The highest BCUT2D eigenvalue weighted by Gasteiger charge is 2.12. The largest absolute Gasteiger partial charge is 0.619 e. The van der Waals surface area contributed by atoms with Crippen LogP contribution >= 0.6 is 0 Å². The number of pyridine rings is 2. The van der Waals surface area contributed by atoms with E-state index in [1.165, 1.54) is 12.4 Å². The van der Waals surface area contributed by atoms with E-state index in [4.69, 9.17) is 0 Å². The second kappa shape index (κ2) is 5.27. The van der Waals surface area contributed by atoms with Crippen LogP contribution in [0.1, 0.15) is 28.9 Å². The van der Waals surface area contributed by atoms with Crippen molar-refractivity contribution in [2.75, 3.05) is 0 Å². The fraction of sp³-hybridized carbons (Fsp3) is 0.154. The van der Waals surface area contributed by atoms with Crippen molar-refractivity contribution < 1.29 is 9.52 Å². The second-order valence-corrected chi connectivity index (χ2v) is 3.93. The average molecular weight is 243 g/mol. The molecule has 2 aromatic rings. The molecule has 0 aliphatic carbocycles. The fourth-order valence-electron chi connectivity index (χ4n) is 1.60. The molecule has 2 aromatic heterocycles. The van der Waals surface area contributed by atoms with Crippen molar-refractivity contribution in [1.29, 1.82) is 0 Å². The number of nitrogens with one attached hydrogen (secondary N) is 1. The summed E-state index contributed by atoms with van der Waals surface area (Å²) in [6.45, 7) is 1.88. The molecule has 0 saturated heterocycles. The Bertz CT molecular complexity index is 543. The molecule has 2 rings (SSSR count). The minimum atomic E-state index is -0.274. The number of amides is 1. The Morgan fingerprint density at radius 3 is 2.78 bits per heavy atom. The van der Waals surface area contributed by atoms with E-state index in [1.54, 1.807) is 24.5 Å². The van der Waals surface area contributed by atoms with Gasteiger partial charge in [-0.1, -0.05) is 0 Å². The number of hydrogen-bond donors (Lipinski definition) is 1. The first-order valence-electron chi connectivity index (χ1n) is 5.56. The highest BCUT2D eigenvalue weighted by atomic mass is 16.5. The van der Waals surface area contributed by atoms with Gasteiger partial charge in [-0.05, 0) is 30.7 Å². The molecule has 5 nitrogen and oxygen atoms in total. The summed E-state index contributed by atoms with van der Waals surface area (Å²) in [6, 6.07) is 6.68. The second-order valence-electron chi connectivity index (χ2n) is 3.93. The molecule has 0 aliphatic heterocycles. The zero-order valence-corrected chi connectivity index (χ0v) is 9.91. The fourth-order valence-corrected chi connectivity index (χ4v) is 1.60. The SMILES string of the molecule is CC(NC(=O)c1ccc[n+]([O-])c1)c1ccncc1. The maximum absolute atomic E-state index is 11.9. The standard InChI is InChI=1S/C13H13N3O2/c1-10(11-4-6-14-7-5-11)15-13(17)12-3-2-8-16(18)9-12/h2-10H,1H3,(H,15,17). The van der Waals surface area contributed by atoms with Crippen LogP contribution in [-0.2, 0) is 0 Å². The Labute approximate surface area is 105 Å². The van der Waals surface area contributed by atoms with Gasteiger partial charge in [-0.15, -0.1) is 0 Å². The molecule has 0 aliphatic rings. The van der Waals surface area contributed by atoms with Gasteiger partial charge in [0.25, 0.3) is 5.91 Å². The zero-order valence-electron chi connectivity index (χ0n) is 9.91. The molecular weight excluding hydrogens is 230 g/mol. The average Bonchev–Trinajstić information content (AvgIpc) is 2.39. The van der Waals surface area contributed by atoms with E-state index in [0.29, 0.717) is 10.3 Å². The van der Waals surface area contributed by atoms with E-state index >= 15 is 0 Å². The number of nitrogens with zero attached hydrogens (tertiary/aromatic N) is 2. The lowest BCUT2D eigenvalue weighted by atomic mass is 10.1. The van der Waals surface area contributed by atoms with Crippen LogP contribution < -0.4 is 10.0 Å². The topological polar surface area (TPSA) is 68.9 Å². The summed E-state index contributed by atoms with van der Waals surface area (Å²) in [4.78, 5) is 15.8. The molecule has 0 saturated carbocycles. The number of carbonyl (C=O) groups is 1. The van der Waals surface area contributed by atoms with E-state index in [0.717, 1.165) is 5.56 Å². The predicted octanol–water partition coefficient (Wildman–Crippen LogP) is 1.21. The van der Waals surface area contributed by atoms with Gasteiger partial charge in [0.15, 0.2) is 12.4 Å². The Kier molecular flexibility index (Phi) is 3.52. The van der Waals surface area contributed by atoms with Gasteiger partial charge >= 0.3 is 0 Å². The summed E-state index contributed by atoms with van der Waals surface area (Å²) in [6.07, 6.45) is 5.93. The van der Waals surface area contributed by atoms with Crippen LogP contribution in [0.5, 0.6) is 0 Å². The Morgan fingerprint density at radius 2 is 2.11 bits per heavy atom. The normalized spacial score (nSPS) is 11.8. The molecule has 92 valence electrons. The van der Waals surface area contributed by atoms with Crippen LogP contribution in [0.3, 0.4) is 0 Å². The zero-order chi connectivity index (χ0) is 13.0. The lowest BCUT2D eigenvalue weighted by Gasteiger charge is -2.13. The number of carbonyl (C=O) groups excluding carboxylic acids is 1. The summed E-state index contributed by atoms with van der Waals surface area (Å²) in [5.74, 6) is -0.274. The molecule has 0 fully saturated rings. The van der Waals surface area contributed by atoms with Gasteiger partial charge < -0.3 is 10.5 Å². The van der Waals surface area contributed by atoms with Gasteiger partial charge in [-0.2, -0.15) is 4.73 Å². The van der Waals surface area contributed by atoms with E-state index in [1.807, 2.05) is 19.1 Å². The van der Waals surface area contributed by atoms with Crippen molar-refractivity contribution >= 4 is 5.91 Å². The summed E-state index contributed by atoms with van der Waals surface area (Å²) in [5.41, 5.74) is 1.30. The molecular formula is C13H13N3O2. The van der Waals surface area contributed by atoms with Gasteiger partial charge in [0.1, 0.15) is 5.56 Å². The summed E-state index contributed by atoms with van der Waals surface area (Å²) in [5, 5.41) is 13.9. The van der Waals surface area contributed by atoms with Gasteiger partial charge in [-0.25, -0.2) is 0 Å². The highest BCUT2D eigenvalue weighted by molar-refractivity contribution is 5.93. The van der Waals surface area contributed by atoms with Crippen molar-refractivity contribution in [3.05, 3.63) is 65.4 Å². The monoisotopic (exact) mass is 243 g/mol. The Morgan fingerprint density at radius 1 is 1.39 bits per heavy atom. The molecule has 0 radical (unpaired) electrons. The molecule has 18 heavy (non-hydrogen) atoms. The minimum Gasteiger partial charge on any atom is -0.619 e. The summed E-state index contributed by atoms with van der Waals surface area (Å²) >= 11 is 0. The van der Waals surface area contributed by atoms with E-state index in [2.05, 4.69) is 10.3 Å². The van der Waals surface area contributed by atoms with Crippen LogP contribution in [0.2, 0.25) is 0 Å². The van der Waals surface area contributed by atoms with Gasteiger partial charge in [-0.3, -0.25) is 9.78 Å². The minimum absolute atomic E-state index is 0.138. The summed E-state index contributed by atoms with van der Waals surface area (Å²) < 4.78 is 0.603. The number of aromatic nitrogens is 2. The molecule has 0 bridgehead atoms. The third-order valence-electron chi connectivity index (χ3n) is 2.59. The lowest BCUT2D eigenvalue weighted by Crippen LogP contribution is -2.31. The van der Waals surface area contributed by atoms with E-state index in [-0.39, 0.29) is 11.9 Å². The summed E-state index contributed by atoms with van der Waals surface area (Å²) in [7, 11) is 0. The van der Waals surface area contributed by atoms with E-state index < -0.39 is 0 Å². The van der Waals surface area contributed by atoms with Crippen LogP contribution in [0, 0.1) is 5.21 Å². The van der Waals surface area contributed by atoms with Crippen molar-refractivity contribution in [3.8, 4) is 0 Å². The first-order chi connectivity index (χ1) is 8.66. The van der Waals surface area contributed by atoms with Gasteiger partial charge in [0.05, 0.1) is 6.04 Å². The third-order valence-corrected chi connectivity index (χ3v) is 2.59. The lowest BCUT2D eigenvalue weighted by molar-refractivity contribution is -0.605. The predicted molar refractivity (Wildman–Crippen MR) is 65.5 cm³/mol. The Hall–Kier alpha value is -2.43. The number of hydrogen-bond acceptors (Lipinski definition) is 3. The van der Waals surface area contributed by atoms with Crippen molar-refractivity contribution in [2.24, 2.45) is 0 Å². The molecule has 1 amide bonds. The highest BCUT2D eigenvalue weighted by Crippen LogP contribution is 2.10. The van der Waals surface area contributed by atoms with Crippen molar-refractivity contribution in [3.63, 3.8) is 0 Å². The van der Waals surface area contributed by atoms with Gasteiger partial charge in [0.2, 0.25) is 0 Å². The maximum Gasteiger partial charge on any atom is 0.257 e. The molecule has 0 aromatic carbocycles. The van der Waals surface area contributed by atoms with Crippen molar-refractivity contribution in [2.45, 2.75) is 13.0 Å². The van der Waals surface area contributed by atoms with Crippen molar-refractivity contribution in [1.82, 2.24) is 10.3 Å². The number of rotatable bonds is 3. The van der Waals surface area contributed by atoms with Crippen LogP contribution in [-0.4, -0.2) is 10.9 Å². The first kappa shape index (κ1) is 12.0. The molecule has 0 spiro atoms. The molecule has 1 unspecified atom stereocenters. The van der Waals surface area contributed by atoms with Crippen LogP contribution in [0.4, 0.5) is 0 Å². The molecule has 5 heteroatoms. The molecule has 1 atom stereocenters. The van der Waals surface area contributed by atoms with E-state index in [9.17, 15) is 10.0 Å². The Balaban J connectivity index is 2.08. The molecule has 2 heterocycles. The smallest absolute Gasteiger partial charge is 0.257 e. The third kappa shape index (κ3) is 2.82.